The Morgan fingerprint density at radius 2 is 2.31 bits per heavy atom. The lowest BCUT2D eigenvalue weighted by Gasteiger charge is -2.19. The molecule has 1 aliphatic rings. The van der Waals surface area contributed by atoms with Gasteiger partial charge in [0.05, 0.1) is 0 Å². The van der Waals surface area contributed by atoms with E-state index in [1.54, 1.807) is 0 Å². The van der Waals surface area contributed by atoms with E-state index in [-0.39, 0.29) is 11.7 Å². The van der Waals surface area contributed by atoms with E-state index in [2.05, 4.69) is 6.92 Å². The summed E-state index contributed by atoms with van der Waals surface area (Å²) in [7, 11) is -2.35. The molecule has 4 heteroatoms. The first-order valence-electron chi connectivity index (χ1n) is 5.13. The third-order valence-corrected chi connectivity index (χ3v) is 4.39. The van der Waals surface area contributed by atoms with Crippen LogP contribution in [0.5, 0.6) is 0 Å². The van der Waals surface area contributed by atoms with Gasteiger partial charge in [0.1, 0.15) is 0 Å². The standard InChI is InChI=1S/C9H20NO2P/c1-2-3-9(13(11)12)7-4-5-8(10)6-7/h7-9,13H,2-6,10H2,1H3,(H,11,12). The molecule has 0 bridgehead atoms. The molecule has 4 unspecified atom stereocenters. The first kappa shape index (κ1) is 11.2. The van der Waals surface area contributed by atoms with Gasteiger partial charge in [0.25, 0.3) is 0 Å². The molecule has 0 saturated heterocycles. The summed E-state index contributed by atoms with van der Waals surface area (Å²) in [5.41, 5.74) is 5.82. The van der Waals surface area contributed by atoms with Crippen LogP contribution in [0.15, 0.2) is 0 Å². The Morgan fingerprint density at radius 1 is 1.62 bits per heavy atom. The van der Waals surface area contributed by atoms with Crippen LogP contribution in [0.1, 0.15) is 39.0 Å². The van der Waals surface area contributed by atoms with Crippen molar-refractivity contribution in [2.45, 2.75) is 50.7 Å². The molecular weight excluding hydrogens is 185 g/mol. The lowest BCUT2D eigenvalue weighted by atomic mass is 10.00. The van der Waals surface area contributed by atoms with Crippen LogP contribution in [-0.4, -0.2) is 16.6 Å². The van der Waals surface area contributed by atoms with Gasteiger partial charge in [0.2, 0.25) is 0 Å². The van der Waals surface area contributed by atoms with Gasteiger partial charge in [0, 0.05) is 11.7 Å². The minimum absolute atomic E-state index is 0.0311. The van der Waals surface area contributed by atoms with Crippen LogP contribution < -0.4 is 5.73 Å². The summed E-state index contributed by atoms with van der Waals surface area (Å²) < 4.78 is 11.1. The fraction of sp³-hybridized carbons (Fsp3) is 1.00. The highest BCUT2D eigenvalue weighted by atomic mass is 31.1. The average molecular weight is 205 g/mol. The zero-order chi connectivity index (χ0) is 9.84. The third kappa shape index (κ3) is 3.08. The highest BCUT2D eigenvalue weighted by Crippen LogP contribution is 2.40. The van der Waals surface area contributed by atoms with Crippen molar-refractivity contribution in [2.75, 3.05) is 0 Å². The smallest absolute Gasteiger partial charge is 0.192 e. The Hall–Kier alpha value is 0.150. The molecule has 0 spiro atoms. The van der Waals surface area contributed by atoms with E-state index in [0.29, 0.717) is 5.92 Å². The first-order valence-corrected chi connectivity index (χ1v) is 6.56. The molecule has 1 fully saturated rings. The van der Waals surface area contributed by atoms with Gasteiger partial charge in [-0.2, -0.15) is 0 Å². The van der Waals surface area contributed by atoms with Crippen LogP contribution in [0.25, 0.3) is 0 Å². The van der Waals surface area contributed by atoms with Crippen LogP contribution in [-0.2, 0) is 4.57 Å². The molecule has 0 aromatic rings. The SMILES string of the molecule is CCCC(C1CCC(N)C1)[PH](=O)O. The fourth-order valence-corrected chi connectivity index (χ4v) is 3.53. The highest BCUT2D eigenvalue weighted by molar-refractivity contribution is 7.38. The lowest BCUT2D eigenvalue weighted by Crippen LogP contribution is -2.19. The largest absolute Gasteiger partial charge is 0.346 e. The van der Waals surface area contributed by atoms with Crippen molar-refractivity contribution in [1.82, 2.24) is 0 Å². The molecule has 1 rings (SSSR count). The van der Waals surface area contributed by atoms with Crippen molar-refractivity contribution in [3.05, 3.63) is 0 Å². The topological polar surface area (TPSA) is 63.3 Å². The first-order chi connectivity index (χ1) is 6.15. The molecule has 0 heterocycles. The van der Waals surface area contributed by atoms with E-state index in [4.69, 9.17) is 5.73 Å². The third-order valence-electron chi connectivity index (χ3n) is 3.00. The van der Waals surface area contributed by atoms with Gasteiger partial charge in [-0.05, 0) is 31.6 Å². The second kappa shape index (κ2) is 5.14. The van der Waals surface area contributed by atoms with Crippen LogP contribution in [0.2, 0.25) is 0 Å². The molecule has 1 aliphatic carbocycles. The van der Waals surface area contributed by atoms with Crippen LogP contribution in [0.4, 0.5) is 0 Å². The Balaban J connectivity index is 2.49. The zero-order valence-corrected chi connectivity index (χ0v) is 9.20. The molecule has 78 valence electrons. The monoisotopic (exact) mass is 205 g/mol. The average Bonchev–Trinajstić information content (AvgIpc) is 2.46. The van der Waals surface area contributed by atoms with Gasteiger partial charge in [-0.15, -0.1) is 0 Å². The number of rotatable bonds is 4. The van der Waals surface area contributed by atoms with E-state index < -0.39 is 8.03 Å². The van der Waals surface area contributed by atoms with E-state index in [1.807, 2.05) is 0 Å². The van der Waals surface area contributed by atoms with Gasteiger partial charge in [-0.1, -0.05) is 13.3 Å². The van der Waals surface area contributed by atoms with E-state index in [1.165, 1.54) is 0 Å². The van der Waals surface area contributed by atoms with E-state index in [0.717, 1.165) is 32.1 Å². The Bertz CT molecular complexity index is 186. The summed E-state index contributed by atoms with van der Waals surface area (Å²) in [4.78, 5) is 9.20. The normalized spacial score (nSPS) is 33.2. The summed E-state index contributed by atoms with van der Waals surface area (Å²) in [6.45, 7) is 2.06. The summed E-state index contributed by atoms with van der Waals surface area (Å²) >= 11 is 0. The van der Waals surface area contributed by atoms with Crippen LogP contribution in [0, 0.1) is 5.92 Å². The second-order valence-corrected chi connectivity index (χ2v) is 5.48. The van der Waals surface area contributed by atoms with Crippen molar-refractivity contribution in [1.29, 1.82) is 0 Å². The maximum absolute atomic E-state index is 11.1. The Kier molecular flexibility index (Phi) is 4.43. The van der Waals surface area contributed by atoms with Crippen molar-refractivity contribution in [2.24, 2.45) is 11.7 Å². The van der Waals surface area contributed by atoms with Gasteiger partial charge in [0.15, 0.2) is 8.03 Å². The molecule has 0 aliphatic heterocycles. The lowest BCUT2D eigenvalue weighted by molar-refractivity contribution is 0.421. The van der Waals surface area contributed by atoms with E-state index >= 15 is 0 Å². The van der Waals surface area contributed by atoms with Crippen molar-refractivity contribution in [3.63, 3.8) is 0 Å². The maximum atomic E-state index is 11.1. The highest BCUT2D eigenvalue weighted by Gasteiger charge is 2.31. The van der Waals surface area contributed by atoms with Gasteiger partial charge in [-0.3, -0.25) is 4.57 Å². The molecule has 13 heavy (non-hydrogen) atoms. The van der Waals surface area contributed by atoms with Crippen LogP contribution >= 0.6 is 8.03 Å². The molecule has 0 radical (unpaired) electrons. The number of hydrogen-bond donors (Lipinski definition) is 2. The predicted octanol–water partition coefficient (Wildman–Crippen LogP) is 1.75. The number of hydrogen-bond acceptors (Lipinski definition) is 2. The minimum atomic E-state index is -2.35. The fourth-order valence-electron chi connectivity index (χ4n) is 2.29. The van der Waals surface area contributed by atoms with E-state index in [9.17, 15) is 9.46 Å². The molecule has 4 atom stereocenters. The van der Waals surface area contributed by atoms with Gasteiger partial charge in [-0.25, -0.2) is 0 Å². The maximum Gasteiger partial charge on any atom is 0.192 e. The predicted molar refractivity (Wildman–Crippen MR) is 55.2 cm³/mol. The molecule has 3 N–H and O–H groups in total. The summed E-state index contributed by atoms with van der Waals surface area (Å²) in [5, 5.41) is 0. The summed E-state index contributed by atoms with van der Waals surface area (Å²) in [5.74, 6) is 0.409. The van der Waals surface area contributed by atoms with Gasteiger partial charge >= 0.3 is 0 Å². The van der Waals surface area contributed by atoms with Crippen molar-refractivity contribution < 1.29 is 9.46 Å². The molecule has 3 nitrogen and oxygen atoms in total. The minimum Gasteiger partial charge on any atom is -0.346 e. The Morgan fingerprint density at radius 3 is 2.69 bits per heavy atom. The van der Waals surface area contributed by atoms with Gasteiger partial charge < -0.3 is 10.6 Å². The Labute approximate surface area is 80.6 Å². The quantitative estimate of drug-likeness (QED) is 0.687. The molecule has 0 amide bonds. The molecule has 1 saturated carbocycles. The number of nitrogens with two attached hydrogens (primary N) is 1. The zero-order valence-electron chi connectivity index (χ0n) is 8.20. The summed E-state index contributed by atoms with van der Waals surface area (Å²) in [6.07, 6.45) is 4.89. The van der Waals surface area contributed by atoms with Crippen molar-refractivity contribution >= 4 is 8.03 Å². The molecule has 0 aromatic heterocycles. The molecule has 0 aromatic carbocycles. The van der Waals surface area contributed by atoms with Crippen molar-refractivity contribution in [3.8, 4) is 0 Å². The second-order valence-electron chi connectivity index (χ2n) is 4.07. The van der Waals surface area contributed by atoms with Crippen LogP contribution in [0.3, 0.4) is 0 Å². The molecular formula is C9H20NO2P. The summed E-state index contributed by atoms with van der Waals surface area (Å²) in [6, 6.07) is 0.269.